The second-order valence-electron chi connectivity index (χ2n) is 4.96. The van der Waals surface area contributed by atoms with Crippen LogP contribution in [0.2, 0.25) is 10.2 Å². The summed E-state index contributed by atoms with van der Waals surface area (Å²) in [5.41, 5.74) is -0.681. The first-order valence-corrected chi connectivity index (χ1v) is 7.55. The van der Waals surface area contributed by atoms with Gasteiger partial charge in [-0.05, 0) is 25.8 Å². The quantitative estimate of drug-likeness (QED) is 0.680. The molecule has 1 aromatic heterocycles. The van der Waals surface area contributed by atoms with Crippen molar-refractivity contribution in [3.63, 3.8) is 0 Å². The van der Waals surface area contributed by atoms with Gasteiger partial charge in [-0.25, -0.2) is 9.78 Å². The van der Waals surface area contributed by atoms with E-state index in [1.165, 1.54) is 12.3 Å². The van der Waals surface area contributed by atoms with Crippen LogP contribution in [0.4, 0.5) is 0 Å². The zero-order chi connectivity index (χ0) is 15.5. The number of hydrogen-bond acceptors (Lipinski definition) is 4. The molecule has 0 bridgehead atoms. The maximum Gasteiger partial charge on any atom is 0.331 e. The maximum absolute atomic E-state index is 12.3. The summed E-state index contributed by atoms with van der Waals surface area (Å²) in [7, 11) is 0. The minimum Gasteiger partial charge on any atom is -0.464 e. The van der Waals surface area contributed by atoms with Gasteiger partial charge < -0.3 is 10.1 Å². The van der Waals surface area contributed by atoms with Crippen LogP contribution < -0.4 is 5.32 Å². The summed E-state index contributed by atoms with van der Waals surface area (Å²) in [4.78, 5) is 28.3. The van der Waals surface area contributed by atoms with E-state index in [-0.39, 0.29) is 28.3 Å². The highest BCUT2D eigenvalue weighted by atomic mass is 35.5. The van der Waals surface area contributed by atoms with Crippen LogP contribution in [0.15, 0.2) is 12.3 Å². The number of ether oxygens (including phenoxy) is 1. The van der Waals surface area contributed by atoms with E-state index in [0.717, 1.165) is 12.8 Å². The molecule has 5 nitrogen and oxygen atoms in total. The largest absolute Gasteiger partial charge is 0.464 e. The minimum absolute atomic E-state index is 0.134. The molecule has 1 heterocycles. The van der Waals surface area contributed by atoms with E-state index in [0.29, 0.717) is 12.8 Å². The first-order valence-electron chi connectivity index (χ1n) is 6.79. The van der Waals surface area contributed by atoms with Crippen molar-refractivity contribution in [1.29, 1.82) is 0 Å². The molecule has 7 heteroatoms. The lowest BCUT2D eigenvalue weighted by Crippen LogP contribution is -2.53. The van der Waals surface area contributed by atoms with Gasteiger partial charge in [-0.3, -0.25) is 4.79 Å². The van der Waals surface area contributed by atoms with E-state index < -0.39 is 11.4 Å². The first kappa shape index (κ1) is 16.0. The van der Waals surface area contributed by atoms with Crippen LogP contribution in [0.1, 0.15) is 43.0 Å². The molecule has 1 saturated carbocycles. The average Bonchev–Trinajstić information content (AvgIpc) is 2.92. The molecule has 0 spiro atoms. The number of rotatable bonds is 4. The number of esters is 1. The van der Waals surface area contributed by atoms with Crippen LogP contribution in [0, 0.1) is 0 Å². The van der Waals surface area contributed by atoms with Crippen molar-refractivity contribution >= 4 is 35.1 Å². The third-order valence-corrected chi connectivity index (χ3v) is 4.22. The van der Waals surface area contributed by atoms with Crippen molar-refractivity contribution in [2.45, 2.75) is 38.1 Å². The van der Waals surface area contributed by atoms with Crippen molar-refractivity contribution < 1.29 is 14.3 Å². The fourth-order valence-electron chi connectivity index (χ4n) is 2.46. The molecule has 0 aliphatic heterocycles. The second-order valence-corrected chi connectivity index (χ2v) is 5.73. The zero-order valence-corrected chi connectivity index (χ0v) is 13.1. The first-order chi connectivity index (χ1) is 9.98. The van der Waals surface area contributed by atoms with Crippen molar-refractivity contribution in [3.8, 4) is 0 Å². The Balaban J connectivity index is 2.18. The molecule has 1 aliphatic rings. The number of aromatic nitrogens is 1. The molecule has 0 aromatic carbocycles. The van der Waals surface area contributed by atoms with Gasteiger partial charge in [-0.2, -0.15) is 0 Å². The van der Waals surface area contributed by atoms with E-state index in [9.17, 15) is 9.59 Å². The number of carbonyl (C=O) groups excluding carboxylic acids is 2. The Morgan fingerprint density at radius 1 is 1.38 bits per heavy atom. The normalized spacial score (nSPS) is 16.5. The van der Waals surface area contributed by atoms with E-state index in [2.05, 4.69) is 10.3 Å². The van der Waals surface area contributed by atoms with Gasteiger partial charge in [0.05, 0.1) is 17.2 Å². The van der Waals surface area contributed by atoms with E-state index in [4.69, 9.17) is 27.9 Å². The summed E-state index contributed by atoms with van der Waals surface area (Å²) in [6.07, 6.45) is 4.23. The smallest absolute Gasteiger partial charge is 0.331 e. The molecule has 2 rings (SSSR count). The molecular formula is C14H16Cl2N2O3. The Hall–Kier alpha value is -1.33. The van der Waals surface area contributed by atoms with Gasteiger partial charge in [0.25, 0.3) is 5.91 Å². The van der Waals surface area contributed by atoms with Gasteiger partial charge >= 0.3 is 5.97 Å². The number of nitrogens with one attached hydrogen (secondary N) is 1. The fourth-order valence-corrected chi connectivity index (χ4v) is 2.73. The van der Waals surface area contributed by atoms with Crippen LogP contribution >= 0.6 is 23.2 Å². The standard InChI is InChI=1S/C14H16Cl2N2O3/c1-2-21-13(20)14(5-3-4-6-14)18-12(19)9-7-10(15)11(16)17-8-9/h7-8H,2-6H2,1H3,(H,18,19). The molecule has 0 saturated heterocycles. The molecule has 0 radical (unpaired) electrons. The molecule has 114 valence electrons. The molecule has 1 aromatic rings. The van der Waals surface area contributed by atoms with Gasteiger partial charge in [0.1, 0.15) is 10.7 Å². The summed E-state index contributed by atoms with van der Waals surface area (Å²) >= 11 is 11.6. The van der Waals surface area contributed by atoms with Crippen LogP contribution in [0.25, 0.3) is 0 Å². The third-order valence-electron chi connectivity index (χ3n) is 3.53. The molecule has 1 fully saturated rings. The Bertz CT molecular complexity index is 557. The minimum atomic E-state index is -0.945. The third kappa shape index (κ3) is 3.47. The number of hydrogen-bond donors (Lipinski definition) is 1. The fraction of sp³-hybridized carbons (Fsp3) is 0.500. The topological polar surface area (TPSA) is 68.3 Å². The van der Waals surface area contributed by atoms with E-state index in [1.807, 2.05) is 0 Å². The van der Waals surface area contributed by atoms with Crippen LogP contribution in [-0.2, 0) is 9.53 Å². The van der Waals surface area contributed by atoms with Gasteiger partial charge in [0, 0.05) is 6.20 Å². The highest BCUT2D eigenvalue weighted by Crippen LogP contribution is 2.31. The number of amides is 1. The monoisotopic (exact) mass is 330 g/mol. The van der Waals surface area contributed by atoms with E-state index in [1.54, 1.807) is 6.92 Å². The van der Waals surface area contributed by atoms with Gasteiger partial charge in [0.2, 0.25) is 0 Å². The summed E-state index contributed by atoms with van der Waals surface area (Å²) < 4.78 is 5.09. The Morgan fingerprint density at radius 2 is 2.05 bits per heavy atom. The molecule has 1 aliphatic carbocycles. The van der Waals surface area contributed by atoms with Crippen LogP contribution in [0.3, 0.4) is 0 Å². The van der Waals surface area contributed by atoms with Gasteiger partial charge in [-0.1, -0.05) is 36.0 Å². The summed E-state index contributed by atoms with van der Waals surface area (Å²) in [5, 5.41) is 3.11. The van der Waals surface area contributed by atoms with Crippen LogP contribution in [0.5, 0.6) is 0 Å². The molecule has 1 amide bonds. The van der Waals surface area contributed by atoms with Crippen molar-refractivity contribution in [2.24, 2.45) is 0 Å². The lowest BCUT2D eigenvalue weighted by atomic mass is 9.97. The van der Waals surface area contributed by atoms with Gasteiger partial charge in [-0.15, -0.1) is 0 Å². The average molecular weight is 331 g/mol. The number of carbonyl (C=O) groups is 2. The molecule has 0 atom stereocenters. The molecule has 1 N–H and O–H groups in total. The van der Waals surface area contributed by atoms with Crippen molar-refractivity contribution in [2.75, 3.05) is 6.61 Å². The van der Waals surface area contributed by atoms with Crippen molar-refractivity contribution in [3.05, 3.63) is 28.0 Å². The van der Waals surface area contributed by atoms with Crippen molar-refractivity contribution in [1.82, 2.24) is 10.3 Å². The summed E-state index contributed by atoms with van der Waals surface area (Å²) in [6, 6.07) is 1.43. The van der Waals surface area contributed by atoms with E-state index >= 15 is 0 Å². The second kappa shape index (κ2) is 6.62. The predicted molar refractivity (Wildman–Crippen MR) is 79.6 cm³/mol. The molecule has 0 unspecified atom stereocenters. The Morgan fingerprint density at radius 3 is 2.62 bits per heavy atom. The Kier molecular flexibility index (Phi) is 5.06. The summed E-state index contributed by atoms with van der Waals surface area (Å²) in [5.74, 6) is -0.792. The lowest BCUT2D eigenvalue weighted by Gasteiger charge is -2.27. The highest BCUT2D eigenvalue weighted by Gasteiger charge is 2.44. The Labute approximate surface area is 133 Å². The highest BCUT2D eigenvalue weighted by molar-refractivity contribution is 6.41. The van der Waals surface area contributed by atoms with Crippen LogP contribution in [-0.4, -0.2) is 29.0 Å². The number of nitrogens with zero attached hydrogens (tertiary/aromatic N) is 1. The number of halogens is 2. The van der Waals surface area contributed by atoms with Gasteiger partial charge in [0.15, 0.2) is 0 Å². The number of pyridine rings is 1. The predicted octanol–water partition coefficient (Wildman–Crippen LogP) is 2.99. The summed E-state index contributed by atoms with van der Waals surface area (Å²) in [6.45, 7) is 2.02. The zero-order valence-electron chi connectivity index (χ0n) is 11.6. The SMILES string of the molecule is CCOC(=O)C1(NC(=O)c2cnc(Cl)c(Cl)c2)CCCC1. The maximum atomic E-state index is 12.3. The lowest BCUT2D eigenvalue weighted by molar-refractivity contribution is -0.150. The molecular weight excluding hydrogens is 315 g/mol. The molecule has 21 heavy (non-hydrogen) atoms.